The van der Waals surface area contributed by atoms with Gasteiger partial charge in [0, 0.05) is 10.6 Å². The molecule has 2 rings (SSSR count). The molecule has 4 nitrogen and oxygen atoms in total. The van der Waals surface area contributed by atoms with Crippen LogP contribution >= 0.6 is 11.6 Å². The minimum absolute atomic E-state index is 0.458. The number of methoxy groups -OCH3 is 1. The third-order valence-corrected chi connectivity index (χ3v) is 2.94. The lowest BCUT2D eigenvalue weighted by atomic mass is 10.0. The molecule has 0 aliphatic carbocycles. The largest absolute Gasteiger partial charge is 0.467 e. The van der Waals surface area contributed by atoms with Crippen molar-refractivity contribution < 1.29 is 19.0 Å². The summed E-state index contributed by atoms with van der Waals surface area (Å²) in [5.74, 6) is -0.459. The Morgan fingerprint density at radius 1 is 1.35 bits per heavy atom. The van der Waals surface area contributed by atoms with E-state index in [1.165, 1.54) is 7.11 Å². The van der Waals surface area contributed by atoms with Crippen LogP contribution in [-0.4, -0.2) is 25.5 Å². The number of rotatable bonds is 2. The van der Waals surface area contributed by atoms with E-state index in [9.17, 15) is 4.79 Å². The second-order valence-electron chi connectivity index (χ2n) is 3.73. The Morgan fingerprint density at radius 2 is 2.06 bits per heavy atom. The average molecular weight is 257 g/mol. The van der Waals surface area contributed by atoms with Crippen molar-refractivity contribution in [3.8, 4) is 0 Å². The molecule has 1 aliphatic heterocycles. The molecule has 0 aromatic heterocycles. The highest BCUT2D eigenvalue weighted by Gasteiger charge is 2.41. The summed E-state index contributed by atoms with van der Waals surface area (Å²) in [5, 5.41) is 0.545. The molecule has 0 N–H and O–H groups in total. The van der Waals surface area contributed by atoms with E-state index in [2.05, 4.69) is 4.74 Å². The van der Waals surface area contributed by atoms with Crippen molar-refractivity contribution in [1.29, 1.82) is 0 Å². The molecule has 92 valence electrons. The molecule has 0 amide bonds. The van der Waals surface area contributed by atoms with Crippen molar-refractivity contribution in [3.05, 3.63) is 34.9 Å². The fraction of sp³-hybridized carbons (Fsp3) is 0.417. The Balaban J connectivity index is 2.30. The van der Waals surface area contributed by atoms with Gasteiger partial charge in [-0.25, -0.2) is 4.79 Å². The second kappa shape index (κ2) is 5.04. The SMILES string of the molecule is COC(=O)[C@@H]1OC(C)O[C@H]1c1ccccc1Cl. The lowest BCUT2D eigenvalue weighted by molar-refractivity contribution is -0.153. The lowest BCUT2D eigenvalue weighted by Gasteiger charge is -2.16. The molecule has 1 saturated heterocycles. The van der Waals surface area contributed by atoms with Crippen LogP contribution in [0.15, 0.2) is 24.3 Å². The monoisotopic (exact) mass is 256 g/mol. The molecular formula is C12H13ClO4. The zero-order valence-electron chi connectivity index (χ0n) is 9.55. The molecule has 1 fully saturated rings. The molecule has 3 atom stereocenters. The van der Waals surface area contributed by atoms with Crippen molar-refractivity contribution in [2.75, 3.05) is 7.11 Å². The molecule has 1 unspecified atom stereocenters. The Kier molecular flexibility index (Phi) is 3.66. The van der Waals surface area contributed by atoms with E-state index >= 15 is 0 Å². The number of hydrogen-bond acceptors (Lipinski definition) is 4. The van der Waals surface area contributed by atoms with Crippen molar-refractivity contribution in [2.45, 2.75) is 25.4 Å². The molecule has 0 radical (unpaired) electrons. The second-order valence-corrected chi connectivity index (χ2v) is 4.13. The van der Waals surface area contributed by atoms with Crippen molar-refractivity contribution in [3.63, 3.8) is 0 Å². The predicted octanol–water partition coefficient (Wildman–Crippen LogP) is 2.32. The summed E-state index contributed by atoms with van der Waals surface area (Å²) in [4.78, 5) is 11.6. The van der Waals surface area contributed by atoms with E-state index in [-0.39, 0.29) is 0 Å². The van der Waals surface area contributed by atoms with Gasteiger partial charge in [-0.05, 0) is 13.0 Å². The fourth-order valence-electron chi connectivity index (χ4n) is 1.83. The molecule has 0 bridgehead atoms. The summed E-state index contributed by atoms with van der Waals surface area (Å²) in [6, 6.07) is 7.21. The molecule has 1 aromatic carbocycles. The van der Waals surface area contributed by atoms with Gasteiger partial charge >= 0.3 is 5.97 Å². The van der Waals surface area contributed by atoms with Gasteiger partial charge in [-0.15, -0.1) is 0 Å². The standard InChI is InChI=1S/C12H13ClO4/c1-7-16-10(11(17-7)12(14)15-2)8-5-3-4-6-9(8)13/h3-7,10-11H,1-2H3/t7?,10-,11+/m0/s1. The van der Waals surface area contributed by atoms with E-state index < -0.39 is 24.5 Å². The van der Waals surface area contributed by atoms with Crippen LogP contribution in [0, 0.1) is 0 Å². The maximum Gasteiger partial charge on any atom is 0.338 e. The van der Waals surface area contributed by atoms with Gasteiger partial charge in [0.1, 0.15) is 6.10 Å². The number of halogens is 1. The Hall–Kier alpha value is -1.10. The smallest absolute Gasteiger partial charge is 0.338 e. The van der Waals surface area contributed by atoms with Crippen molar-refractivity contribution in [2.24, 2.45) is 0 Å². The Bertz CT molecular complexity index is 421. The minimum Gasteiger partial charge on any atom is -0.467 e. The number of hydrogen-bond donors (Lipinski definition) is 0. The molecule has 0 spiro atoms. The van der Waals surface area contributed by atoms with Gasteiger partial charge in [0.15, 0.2) is 12.4 Å². The number of carbonyl (C=O) groups excluding carboxylic acids is 1. The first-order valence-corrected chi connectivity index (χ1v) is 5.64. The van der Waals surface area contributed by atoms with Crippen LogP contribution in [-0.2, 0) is 19.0 Å². The van der Waals surface area contributed by atoms with Gasteiger partial charge in [-0.3, -0.25) is 0 Å². The van der Waals surface area contributed by atoms with Gasteiger partial charge in [0.05, 0.1) is 7.11 Å². The zero-order valence-corrected chi connectivity index (χ0v) is 10.3. The third-order valence-electron chi connectivity index (χ3n) is 2.60. The fourth-order valence-corrected chi connectivity index (χ4v) is 2.07. The highest BCUT2D eigenvalue weighted by molar-refractivity contribution is 6.31. The highest BCUT2D eigenvalue weighted by atomic mass is 35.5. The first kappa shape index (κ1) is 12.4. The molecule has 1 aliphatic rings. The summed E-state index contributed by atoms with van der Waals surface area (Å²) < 4.78 is 15.6. The van der Waals surface area contributed by atoms with Crippen LogP contribution in [0.25, 0.3) is 0 Å². The topological polar surface area (TPSA) is 44.8 Å². The van der Waals surface area contributed by atoms with E-state index in [4.69, 9.17) is 21.1 Å². The lowest BCUT2D eigenvalue weighted by Crippen LogP contribution is -2.27. The zero-order chi connectivity index (χ0) is 12.4. The van der Waals surface area contributed by atoms with E-state index in [1.54, 1.807) is 13.0 Å². The normalized spacial score (nSPS) is 28.1. The number of esters is 1. The maximum absolute atomic E-state index is 11.6. The molecule has 0 saturated carbocycles. The van der Waals surface area contributed by atoms with Gasteiger partial charge in [-0.2, -0.15) is 0 Å². The van der Waals surface area contributed by atoms with Gasteiger partial charge in [0.25, 0.3) is 0 Å². The van der Waals surface area contributed by atoms with E-state index in [0.29, 0.717) is 5.02 Å². The van der Waals surface area contributed by atoms with Crippen molar-refractivity contribution >= 4 is 17.6 Å². The van der Waals surface area contributed by atoms with Crippen molar-refractivity contribution in [1.82, 2.24) is 0 Å². The van der Waals surface area contributed by atoms with Crippen LogP contribution in [0.4, 0.5) is 0 Å². The summed E-state index contributed by atoms with van der Waals surface area (Å²) >= 11 is 6.08. The molecule has 1 heterocycles. The average Bonchev–Trinajstić information content (AvgIpc) is 2.71. The molecule has 5 heteroatoms. The van der Waals surface area contributed by atoms with E-state index in [1.807, 2.05) is 18.2 Å². The van der Waals surface area contributed by atoms with Crippen LogP contribution in [0.5, 0.6) is 0 Å². The van der Waals surface area contributed by atoms with Crippen LogP contribution < -0.4 is 0 Å². The first-order valence-electron chi connectivity index (χ1n) is 5.26. The van der Waals surface area contributed by atoms with Crippen LogP contribution in [0.3, 0.4) is 0 Å². The number of carbonyl (C=O) groups is 1. The van der Waals surface area contributed by atoms with Crippen LogP contribution in [0.1, 0.15) is 18.6 Å². The summed E-state index contributed by atoms with van der Waals surface area (Å²) in [6.07, 6.45) is -1.75. The third kappa shape index (κ3) is 2.44. The summed E-state index contributed by atoms with van der Waals surface area (Å²) in [7, 11) is 1.32. The molecule has 1 aromatic rings. The molecule has 17 heavy (non-hydrogen) atoms. The number of ether oxygens (including phenoxy) is 3. The highest BCUT2D eigenvalue weighted by Crippen LogP contribution is 2.36. The van der Waals surface area contributed by atoms with Crippen LogP contribution in [0.2, 0.25) is 5.02 Å². The summed E-state index contributed by atoms with van der Waals surface area (Å²) in [5.41, 5.74) is 0.730. The summed E-state index contributed by atoms with van der Waals surface area (Å²) in [6.45, 7) is 1.73. The van der Waals surface area contributed by atoms with Gasteiger partial charge < -0.3 is 14.2 Å². The van der Waals surface area contributed by atoms with E-state index in [0.717, 1.165) is 5.56 Å². The quantitative estimate of drug-likeness (QED) is 0.762. The van der Waals surface area contributed by atoms with Gasteiger partial charge in [-0.1, -0.05) is 29.8 Å². The predicted molar refractivity (Wildman–Crippen MR) is 61.6 cm³/mol. The number of benzene rings is 1. The first-order chi connectivity index (χ1) is 8.13. The molecular weight excluding hydrogens is 244 g/mol. The minimum atomic E-state index is -0.769. The Morgan fingerprint density at radius 3 is 2.71 bits per heavy atom. The van der Waals surface area contributed by atoms with Gasteiger partial charge in [0.2, 0.25) is 0 Å². The Labute approximate surface area is 104 Å². The maximum atomic E-state index is 11.6.